The van der Waals surface area contributed by atoms with Gasteiger partial charge in [-0.3, -0.25) is 13.9 Å². The van der Waals surface area contributed by atoms with E-state index in [4.69, 9.17) is 0 Å². The molecule has 1 aliphatic rings. The van der Waals surface area contributed by atoms with E-state index in [1.54, 1.807) is 19.1 Å². The Balaban J connectivity index is 1.89. The molecule has 1 N–H and O–H groups in total. The maximum absolute atomic E-state index is 13.6. The van der Waals surface area contributed by atoms with E-state index in [0.29, 0.717) is 5.69 Å². The van der Waals surface area contributed by atoms with Crippen molar-refractivity contribution in [3.63, 3.8) is 0 Å². The van der Waals surface area contributed by atoms with Gasteiger partial charge in [-0.15, -0.1) is 0 Å². The second-order valence-electron chi connectivity index (χ2n) is 9.16. The SMILES string of the molecule is Cc1cccc(N(CC(=O)N(Cc2ccccc2)[C@@H](C)C(=O)NC2CCCC2)S(C)(=O)=O)c1C. The first-order valence-electron chi connectivity index (χ1n) is 11.8. The highest BCUT2D eigenvalue weighted by Crippen LogP contribution is 2.25. The topological polar surface area (TPSA) is 86.8 Å². The Bertz CT molecular complexity index is 1110. The number of hydrogen-bond donors (Lipinski definition) is 1. The fraction of sp³-hybridized carbons (Fsp3) is 0.462. The average Bonchev–Trinajstić information content (AvgIpc) is 3.30. The monoisotopic (exact) mass is 485 g/mol. The molecule has 2 aromatic carbocycles. The van der Waals surface area contributed by atoms with Gasteiger partial charge in [0.1, 0.15) is 12.6 Å². The molecule has 0 radical (unpaired) electrons. The molecule has 1 saturated carbocycles. The highest BCUT2D eigenvalue weighted by atomic mass is 32.2. The number of anilines is 1. The number of benzene rings is 2. The van der Waals surface area contributed by atoms with Crippen molar-refractivity contribution in [2.24, 2.45) is 0 Å². The lowest BCUT2D eigenvalue weighted by Crippen LogP contribution is -2.52. The minimum Gasteiger partial charge on any atom is -0.352 e. The molecule has 0 bridgehead atoms. The summed E-state index contributed by atoms with van der Waals surface area (Å²) in [6, 6.07) is 14.2. The first-order valence-corrected chi connectivity index (χ1v) is 13.6. The van der Waals surface area contributed by atoms with Gasteiger partial charge in [0.05, 0.1) is 11.9 Å². The van der Waals surface area contributed by atoms with Gasteiger partial charge in [-0.2, -0.15) is 0 Å². The summed E-state index contributed by atoms with van der Waals surface area (Å²) in [5, 5.41) is 3.07. The van der Waals surface area contributed by atoms with E-state index in [0.717, 1.165) is 52.9 Å². The van der Waals surface area contributed by atoms with Crippen molar-refractivity contribution >= 4 is 27.5 Å². The third-order valence-electron chi connectivity index (χ3n) is 6.59. The summed E-state index contributed by atoms with van der Waals surface area (Å²) in [5.74, 6) is -0.641. The van der Waals surface area contributed by atoms with Crippen molar-refractivity contribution in [3.05, 3.63) is 65.2 Å². The van der Waals surface area contributed by atoms with Gasteiger partial charge in [0, 0.05) is 12.6 Å². The Kier molecular flexibility index (Phi) is 8.36. The summed E-state index contributed by atoms with van der Waals surface area (Å²) in [6.45, 7) is 5.28. The third kappa shape index (κ3) is 6.38. The standard InChI is InChI=1S/C26H35N3O4S/c1-19-11-10-16-24(20(19)2)29(34(4,32)33)18-25(30)28(17-22-12-6-5-7-13-22)21(3)26(31)27-23-14-8-9-15-23/h5-7,10-13,16,21,23H,8-9,14-15,17-18H2,1-4H3,(H,27,31)/t21-/m0/s1. The molecule has 2 amide bonds. The largest absolute Gasteiger partial charge is 0.352 e. The molecule has 1 fully saturated rings. The highest BCUT2D eigenvalue weighted by molar-refractivity contribution is 7.92. The van der Waals surface area contributed by atoms with Crippen LogP contribution in [0, 0.1) is 13.8 Å². The van der Waals surface area contributed by atoms with Crippen LogP contribution in [0.2, 0.25) is 0 Å². The molecule has 1 atom stereocenters. The molecule has 0 unspecified atom stereocenters. The summed E-state index contributed by atoms with van der Waals surface area (Å²) in [4.78, 5) is 28.1. The number of aryl methyl sites for hydroxylation is 1. The van der Waals surface area contributed by atoms with Gasteiger partial charge in [0.2, 0.25) is 21.8 Å². The molecule has 8 heteroatoms. The highest BCUT2D eigenvalue weighted by Gasteiger charge is 2.31. The number of rotatable bonds is 9. The van der Waals surface area contributed by atoms with Gasteiger partial charge < -0.3 is 10.2 Å². The van der Waals surface area contributed by atoms with Crippen molar-refractivity contribution in [1.82, 2.24) is 10.2 Å². The first-order chi connectivity index (χ1) is 16.1. The van der Waals surface area contributed by atoms with E-state index in [9.17, 15) is 18.0 Å². The molecule has 0 aliphatic heterocycles. The zero-order chi connectivity index (χ0) is 24.9. The summed E-state index contributed by atoms with van der Waals surface area (Å²) in [7, 11) is -3.74. The number of carbonyl (C=O) groups is 2. The Morgan fingerprint density at radius 3 is 2.29 bits per heavy atom. The van der Waals surface area contributed by atoms with Crippen LogP contribution in [-0.2, 0) is 26.2 Å². The van der Waals surface area contributed by atoms with Crippen LogP contribution < -0.4 is 9.62 Å². The van der Waals surface area contributed by atoms with E-state index < -0.39 is 22.0 Å². The number of hydrogen-bond acceptors (Lipinski definition) is 4. The van der Waals surface area contributed by atoms with Crippen LogP contribution in [0.3, 0.4) is 0 Å². The molecule has 3 rings (SSSR count). The summed E-state index contributed by atoms with van der Waals surface area (Å²) in [5.41, 5.74) is 3.07. The van der Waals surface area contributed by atoms with Gasteiger partial charge in [-0.1, -0.05) is 55.3 Å². The molecular weight excluding hydrogens is 450 g/mol. The molecule has 1 aliphatic carbocycles. The zero-order valence-electron chi connectivity index (χ0n) is 20.5. The Labute approximate surface area is 203 Å². The van der Waals surface area contributed by atoms with Crippen LogP contribution >= 0.6 is 0 Å². The molecule has 7 nitrogen and oxygen atoms in total. The Hall–Kier alpha value is -2.87. The predicted molar refractivity (Wildman–Crippen MR) is 135 cm³/mol. The minimum absolute atomic E-state index is 0.131. The average molecular weight is 486 g/mol. The van der Waals surface area contributed by atoms with E-state index in [1.807, 2.05) is 50.2 Å². The van der Waals surface area contributed by atoms with Crippen LogP contribution in [0.5, 0.6) is 0 Å². The van der Waals surface area contributed by atoms with Crippen molar-refractivity contribution < 1.29 is 18.0 Å². The van der Waals surface area contributed by atoms with E-state index in [2.05, 4.69) is 5.32 Å². The number of amides is 2. The predicted octanol–water partition coefficient (Wildman–Crippen LogP) is 3.55. The van der Waals surface area contributed by atoms with Gasteiger partial charge in [0.25, 0.3) is 0 Å². The van der Waals surface area contributed by atoms with Crippen LogP contribution in [0.4, 0.5) is 5.69 Å². The van der Waals surface area contributed by atoms with Gasteiger partial charge >= 0.3 is 0 Å². The van der Waals surface area contributed by atoms with E-state index >= 15 is 0 Å². The summed E-state index contributed by atoms with van der Waals surface area (Å²) in [6.07, 6.45) is 5.16. The molecular formula is C26H35N3O4S. The van der Waals surface area contributed by atoms with Gasteiger partial charge in [-0.05, 0) is 56.4 Å². The van der Waals surface area contributed by atoms with Crippen LogP contribution in [-0.4, -0.2) is 50.0 Å². The lowest BCUT2D eigenvalue weighted by molar-refractivity contribution is -0.139. The fourth-order valence-electron chi connectivity index (χ4n) is 4.36. The van der Waals surface area contributed by atoms with Crippen LogP contribution in [0.1, 0.15) is 49.3 Å². The Morgan fingerprint density at radius 1 is 1.03 bits per heavy atom. The summed E-state index contributed by atoms with van der Waals surface area (Å²) >= 11 is 0. The molecule has 0 aromatic heterocycles. The molecule has 184 valence electrons. The normalized spacial score (nSPS) is 15.1. The second-order valence-corrected chi connectivity index (χ2v) is 11.1. The third-order valence-corrected chi connectivity index (χ3v) is 7.71. The van der Waals surface area contributed by atoms with E-state index in [1.165, 1.54) is 4.90 Å². The molecule has 0 heterocycles. The minimum atomic E-state index is -3.74. The molecule has 34 heavy (non-hydrogen) atoms. The molecule has 2 aromatic rings. The first kappa shape index (κ1) is 25.7. The van der Waals surface area contributed by atoms with Crippen LogP contribution in [0.15, 0.2) is 48.5 Å². The van der Waals surface area contributed by atoms with Crippen molar-refractivity contribution in [2.45, 2.75) is 65.1 Å². The van der Waals surface area contributed by atoms with E-state index in [-0.39, 0.29) is 25.0 Å². The van der Waals surface area contributed by atoms with Crippen molar-refractivity contribution in [1.29, 1.82) is 0 Å². The zero-order valence-corrected chi connectivity index (χ0v) is 21.3. The van der Waals surface area contributed by atoms with Crippen molar-refractivity contribution in [3.8, 4) is 0 Å². The number of nitrogens with zero attached hydrogens (tertiary/aromatic N) is 2. The summed E-state index contributed by atoms with van der Waals surface area (Å²) < 4.78 is 26.6. The smallest absolute Gasteiger partial charge is 0.244 e. The quantitative estimate of drug-likeness (QED) is 0.589. The number of sulfonamides is 1. The maximum atomic E-state index is 13.6. The Morgan fingerprint density at radius 2 is 1.68 bits per heavy atom. The maximum Gasteiger partial charge on any atom is 0.244 e. The van der Waals surface area contributed by atoms with Crippen LogP contribution in [0.25, 0.3) is 0 Å². The molecule has 0 spiro atoms. The van der Waals surface area contributed by atoms with Gasteiger partial charge in [0.15, 0.2) is 0 Å². The van der Waals surface area contributed by atoms with Gasteiger partial charge in [-0.25, -0.2) is 8.42 Å². The fourth-order valence-corrected chi connectivity index (χ4v) is 5.26. The second kappa shape index (κ2) is 11.0. The lowest BCUT2D eigenvalue weighted by Gasteiger charge is -2.32. The van der Waals surface area contributed by atoms with Crippen molar-refractivity contribution in [2.75, 3.05) is 17.1 Å². The molecule has 0 saturated heterocycles. The number of carbonyl (C=O) groups excluding carboxylic acids is 2. The lowest BCUT2D eigenvalue weighted by atomic mass is 10.1. The number of nitrogens with one attached hydrogen (secondary N) is 1.